The van der Waals surface area contributed by atoms with Crippen LogP contribution in [0.25, 0.3) is 4.85 Å². The van der Waals surface area contributed by atoms with Crippen molar-refractivity contribution in [3.63, 3.8) is 0 Å². The standard InChI is InChI=1S/C24H16FN3O3/c1-26-17-7-9-18(10-8-17)28-23(14-2-5-16(25)6-3-14)20-13-31-21-12-15(24(29)30)4-11-19(21)22(20)27-28/h2-12,20,23H,13H2,(H,29,30)/t20-,23-/m1/s1. The Morgan fingerprint density at radius 3 is 2.55 bits per heavy atom. The maximum atomic E-state index is 13.6. The van der Waals surface area contributed by atoms with Gasteiger partial charge < -0.3 is 9.84 Å². The van der Waals surface area contributed by atoms with Crippen LogP contribution in [0.1, 0.15) is 27.5 Å². The average molecular weight is 413 g/mol. The molecule has 31 heavy (non-hydrogen) atoms. The number of rotatable bonds is 3. The molecule has 6 nitrogen and oxygen atoms in total. The van der Waals surface area contributed by atoms with Crippen LogP contribution in [0.5, 0.6) is 5.75 Å². The van der Waals surface area contributed by atoms with Crippen molar-refractivity contribution in [1.29, 1.82) is 0 Å². The first kappa shape index (κ1) is 18.8. The highest BCUT2D eigenvalue weighted by Crippen LogP contribution is 2.44. The highest BCUT2D eigenvalue weighted by Gasteiger charge is 2.43. The van der Waals surface area contributed by atoms with Crippen molar-refractivity contribution in [3.05, 3.63) is 101 Å². The molecule has 0 amide bonds. The van der Waals surface area contributed by atoms with Crippen LogP contribution in [0.4, 0.5) is 15.8 Å². The number of fused-ring (bicyclic) bond motifs is 3. The molecule has 0 bridgehead atoms. The number of hydrogen-bond donors (Lipinski definition) is 1. The summed E-state index contributed by atoms with van der Waals surface area (Å²) < 4.78 is 19.5. The zero-order chi connectivity index (χ0) is 21.5. The number of benzene rings is 3. The van der Waals surface area contributed by atoms with E-state index in [-0.39, 0.29) is 23.3 Å². The first-order valence-corrected chi connectivity index (χ1v) is 9.66. The summed E-state index contributed by atoms with van der Waals surface area (Å²) in [7, 11) is 0. The van der Waals surface area contributed by atoms with E-state index in [0.29, 0.717) is 18.0 Å². The molecule has 1 N–H and O–H groups in total. The molecule has 0 spiro atoms. The lowest BCUT2D eigenvalue weighted by Crippen LogP contribution is -2.33. The number of carbonyl (C=O) groups is 1. The number of carboxylic acid groups (broad SMARTS) is 1. The van der Waals surface area contributed by atoms with E-state index in [9.17, 15) is 14.3 Å². The Kier molecular flexibility index (Phi) is 4.41. The van der Waals surface area contributed by atoms with Gasteiger partial charge in [-0.2, -0.15) is 5.10 Å². The molecular formula is C24H16FN3O3. The molecule has 2 aliphatic rings. The van der Waals surface area contributed by atoms with Crippen molar-refractivity contribution in [2.24, 2.45) is 11.0 Å². The largest absolute Gasteiger partial charge is 0.492 e. The van der Waals surface area contributed by atoms with Crippen LogP contribution in [0, 0.1) is 18.3 Å². The fourth-order valence-corrected chi connectivity index (χ4v) is 4.09. The fourth-order valence-electron chi connectivity index (χ4n) is 4.09. The van der Waals surface area contributed by atoms with Gasteiger partial charge >= 0.3 is 5.97 Å². The van der Waals surface area contributed by atoms with Gasteiger partial charge in [0.1, 0.15) is 11.6 Å². The minimum absolute atomic E-state index is 0.130. The minimum atomic E-state index is -1.02. The molecule has 0 saturated carbocycles. The van der Waals surface area contributed by atoms with E-state index in [1.165, 1.54) is 24.3 Å². The van der Waals surface area contributed by atoms with E-state index in [2.05, 4.69) is 4.85 Å². The molecule has 0 aliphatic carbocycles. The quantitative estimate of drug-likeness (QED) is 0.611. The molecule has 0 saturated heterocycles. The van der Waals surface area contributed by atoms with Gasteiger partial charge in [0.2, 0.25) is 0 Å². The molecule has 3 aromatic carbocycles. The van der Waals surface area contributed by atoms with Gasteiger partial charge in [0.25, 0.3) is 0 Å². The van der Waals surface area contributed by atoms with Crippen LogP contribution in [-0.2, 0) is 0 Å². The Labute approximate surface area is 177 Å². The number of aromatic carboxylic acids is 1. The fraction of sp³-hybridized carbons (Fsp3) is 0.125. The van der Waals surface area contributed by atoms with Crippen molar-refractivity contribution >= 4 is 23.1 Å². The molecule has 0 fully saturated rings. The first-order chi connectivity index (χ1) is 15.0. The van der Waals surface area contributed by atoms with E-state index >= 15 is 0 Å². The summed E-state index contributed by atoms with van der Waals surface area (Å²) >= 11 is 0. The smallest absolute Gasteiger partial charge is 0.335 e. The van der Waals surface area contributed by atoms with Gasteiger partial charge in [-0.25, -0.2) is 14.0 Å². The summed E-state index contributed by atoms with van der Waals surface area (Å²) in [6.07, 6.45) is 0. The Bertz CT molecular complexity index is 1250. The maximum Gasteiger partial charge on any atom is 0.335 e. The summed E-state index contributed by atoms with van der Waals surface area (Å²) in [4.78, 5) is 14.8. The summed E-state index contributed by atoms with van der Waals surface area (Å²) in [5.74, 6) is -0.984. The molecule has 2 heterocycles. The lowest BCUT2D eigenvalue weighted by molar-refractivity contribution is 0.0696. The lowest BCUT2D eigenvalue weighted by atomic mass is 9.85. The second-order valence-electron chi connectivity index (χ2n) is 7.39. The van der Waals surface area contributed by atoms with Crippen LogP contribution in [-0.4, -0.2) is 23.4 Å². The highest BCUT2D eigenvalue weighted by atomic mass is 19.1. The molecule has 0 aromatic heterocycles. The van der Waals surface area contributed by atoms with Gasteiger partial charge in [-0.05, 0) is 48.0 Å². The third kappa shape index (κ3) is 3.19. The van der Waals surface area contributed by atoms with Crippen molar-refractivity contribution < 1.29 is 19.0 Å². The van der Waals surface area contributed by atoms with E-state index < -0.39 is 5.97 Å². The molecule has 2 aliphatic heterocycles. The van der Waals surface area contributed by atoms with Crippen molar-refractivity contribution in [2.45, 2.75) is 6.04 Å². The Hall–Kier alpha value is -4.18. The van der Waals surface area contributed by atoms with Gasteiger partial charge in [-0.1, -0.05) is 24.3 Å². The second-order valence-corrected chi connectivity index (χ2v) is 7.39. The van der Waals surface area contributed by atoms with Gasteiger partial charge in [-0.15, -0.1) is 0 Å². The van der Waals surface area contributed by atoms with Crippen LogP contribution in [0.2, 0.25) is 0 Å². The SMILES string of the molecule is [C-]#[N+]c1ccc(N2N=C3c4ccc(C(=O)O)cc4OC[C@H]3[C@H]2c2ccc(F)cc2)cc1. The molecule has 152 valence electrons. The van der Waals surface area contributed by atoms with Crippen LogP contribution in [0.15, 0.2) is 71.8 Å². The van der Waals surface area contributed by atoms with E-state index in [4.69, 9.17) is 16.4 Å². The molecule has 3 aromatic rings. The van der Waals surface area contributed by atoms with Gasteiger partial charge in [-0.3, -0.25) is 5.01 Å². The normalized spacial score (nSPS) is 19.0. The van der Waals surface area contributed by atoms with E-state index in [1.54, 1.807) is 30.3 Å². The number of nitrogens with zero attached hydrogens (tertiary/aromatic N) is 3. The topological polar surface area (TPSA) is 66.5 Å². The van der Waals surface area contributed by atoms with Crippen LogP contribution in [0.3, 0.4) is 0 Å². The zero-order valence-corrected chi connectivity index (χ0v) is 16.2. The van der Waals surface area contributed by atoms with Gasteiger partial charge in [0.05, 0.1) is 42.1 Å². The number of anilines is 1. The number of carboxylic acids is 1. The molecule has 5 rings (SSSR count). The lowest BCUT2D eigenvalue weighted by Gasteiger charge is -2.30. The third-order valence-corrected chi connectivity index (χ3v) is 5.59. The Balaban J connectivity index is 1.62. The van der Waals surface area contributed by atoms with Crippen molar-refractivity contribution in [3.8, 4) is 5.75 Å². The molecular weight excluding hydrogens is 397 g/mol. The van der Waals surface area contributed by atoms with E-state index in [0.717, 1.165) is 22.5 Å². The molecule has 0 unspecified atom stereocenters. The maximum absolute atomic E-state index is 13.6. The highest BCUT2D eigenvalue weighted by molar-refractivity contribution is 6.08. The average Bonchev–Trinajstić information content (AvgIpc) is 3.19. The van der Waals surface area contributed by atoms with Gasteiger partial charge in [0, 0.05) is 5.56 Å². The number of halogens is 1. The predicted octanol–water partition coefficient (Wildman–Crippen LogP) is 5.05. The zero-order valence-electron chi connectivity index (χ0n) is 16.2. The molecule has 0 radical (unpaired) electrons. The minimum Gasteiger partial charge on any atom is -0.492 e. The van der Waals surface area contributed by atoms with Crippen molar-refractivity contribution in [1.82, 2.24) is 0 Å². The Morgan fingerprint density at radius 1 is 1.13 bits per heavy atom. The number of hydrogen-bond acceptors (Lipinski definition) is 4. The monoisotopic (exact) mass is 413 g/mol. The number of ether oxygens (including phenoxy) is 1. The van der Waals surface area contributed by atoms with Crippen molar-refractivity contribution in [2.75, 3.05) is 11.6 Å². The first-order valence-electron chi connectivity index (χ1n) is 9.66. The molecule has 2 atom stereocenters. The molecule has 7 heteroatoms. The third-order valence-electron chi connectivity index (χ3n) is 5.59. The Morgan fingerprint density at radius 2 is 1.87 bits per heavy atom. The summed E-state index contributed by atoms with van der Waals surface area (Å²) in [6.45, 7) is 7.48. The van der Waals surface area contributed by atoms with Crippen LogP contribution < -0.4 is 9.75 Å². The van der Waals surface area contributed by atoms with Gasteiger partial charge in [0.15, 0.2) is 5.69 Å². The summed E-state index contributed by atoms with van der Waals surface area (Å²) in [5.41, 5.74) is 3.90. The summed E-state index contributed by atoms with van der Waals surface area (Å²) in [6, 6.07) is 18.0. The predicted molar refractivity (Wildman–Crippen MR) is 113 cm³/mol. The van der Waals surface area contributed by atoms with E-state index in [1.807, 2.05) is 17.1 Å². The number of hydrazone groups is 1. The summed E-state index contributed by atoms with van der Waals surface area (Å²) in [5, 5.41) is 16.0. The second kappa shape index (κ2) is 7.26. The van der Waals surface area contributed by atoms with Crippen LogP contribution >= 0.6 is 0 Å².